The van der Waals surface area contributed by atoms with Gasteiger partial charge in [-0.05, 0) is 44.9 Å². The van der Waals surface area contributed by atoms with Crippen LogP contribution in [0.3, 0.4) is 0 Å². The monoisotopic (exact) mass is 345 g/mol. The number of ether oxygens (including phenoxy) is 1. The lowest BCUT2D eigenvalue weighted by Crippen LogP contribution is -2.73. The Morgan fingerprint density at radius 1 is 1.48 bits per heavy atom. The fourth-order valence-electron chi connectivity index (χ4n) is 5.41. The van der Waals surface area contributed by atoms with Crippen molar-refractivity contribution in [1.82, 2.24) is 4.90 Å². The average Bonchev–Trinajstić information content (AvgIpc) is 2.95. The third-order valence-corrected chi connectivity index (χ3v) is 6.66. The van der Waals surface area contributed by atoms with Crippen LogP contribution in [0.2, 0.25) is 0 Å². The summed E-state index contributed by atoms with van der Waals surface area (Å²) in [4.78, 5) is 14.9. The van der Waals surface area contributed by atoms with Gasteiger partial charge in [-0.15, -0.1) is 6.58 Å². The van der Waals surface area contributed by atoms with Gasteiger partial charge in [-0.25, -0.2) is 4.39 Å². The maximum Gasteiger partial charge on any atom is 0.174 e. The number of rotatable bonds is 2. The molecular weight excluding hydrogens is 321 g/mol. The normalized spacial score (nSPS) is 37.0. The summed E-state index contributed by atoms with van der Waals surface area (Å²) >= 11 is 0. The average molecular weight is 345 g/mol. The van der Waals surface area contributed by atoms with Crippen LogP contribution in [0.4, 0.5) is 4.39 Å². The molecule has 3 aliphatic rings. The summed E-state index contributed by atoms with van der Waals surface area (Å²) in [6.07, 6.45) is 2.22. The highest BCUT2D eigenvalue weighted by molar-refractivity contribution is 5.89. The lowest BCUT2D eigenvalue weighted by atomic mass is 9.52. The molecule has 0 radical (unpaired) electrons. The van der Waals surface area contributed by atoms with Crippen LogP contribution in [0.1, 0.15) is 37.3 Å². The van der Waals surface area contributed by atoms with Crippen molar-refractivity contribution >= 4 is 5.78 Å². The van der Waals surface area contributed by atoms with Crippen LogP contribution >= 0.6 is 0 Å². The van der Waals surface area contributed by atoms with E-state index in [0.29, 0.717) is 31.5 Å². The number of carbonyl (C=O) groups excluding carboxylic acids is 1. The molecule has 2 fully saturated rings. The Labute approximate surface area is 147 Å². The molecule has 1 spiro atoms. The first-order valence-electron chi connectivity index (χ1n) is 8.93. The zero-order valence-corrected chi connectivity index (χ0v) is 14.7. The van der Waals surface area contributed by atoms with E-state index in [-0.39, 0.29) is 24.0 Å². The molecule has 1 aliphatic carbocycles. The zero-order valence-electron chi connectivity index (χ0n) is 14.7. The maximum atomic E-state index is 14.5. The van der Waals surface area contributed by atoms with Crippen LogP contribution < -0.4 is 4.74 Å². The summed E-state index contributed by atoms with van der Waals surface area (Å²) in [7, 11) is 0. The topological polar surface area (TPSA) is 49.8 Å². The van der Waals surface area contributed by atoms with Crippen molar-refractivity contribution in [2.24, 2.45) is 0 Å². The van der Waals surface area contributed by atoms with Gasteiger partial charge in [-0.1, -0.05) is 12.1 Å². The molecule has 0 aromatic heterocycles. The fraction of sp³-hybridized carbons (Fsp3) is 0.550. The van der Waals surface area contributed by atoms with Crippen molar-refractivity contribution in [2.45, 2.75) is 56.3 Å². The van der Waals surface area contributed by atoms with Gasteiger partial charge in [-0.2, -0.15) is 0 Å². The molecule has 1 aromatic rings. The molecule has 4 nitrogen and oxygen atoms in total. The van der Waals surface area contributed by atoms with Gasteiger partial charge in [-0.3, -0.25) is 9.69 Å². The van der Waals surface area contributed by atoms with Crippen LogP contribution in [0.25, 0.3) is 0 Å². The van der Waals surface area contributed by atoms with E-state index in [1.54, 1.807) is 6.07 Å². The number of Topliss-reactive ketones (excluding diaryl/α,β-unsaturated/α-hetero) is 1. The summed E-state index contributed by atoms with van der Waals surface area (Å²) in [5.74, 6) is -0.340. The van der Waals surface area contributed by atoms with Gasteiger partial charge in [0.05, 0.1) is 11.0 Å². The molecule has 2 heterocycles. The van der Waals surface area contributed by atoms with Gasteiger partial charge in [0.2, 0.25) is 0 Å². The van der Waals surface area contributed by atoms with Crippen molar-refractivity contribution in [3.05, 3.63) is 41.7 Å². The number of likely N-dealkylation sites (tertiary alicyclic amines) is 1. The summed E-state index contributed by atoms with van der Waals surface area (Å²) < 4.78 is 20.4. The minimum absolute atomic E-state index is 0.0379. The first-order valence-corrected chi connectivity index (χ1v) is 8.93. The van der Waals surface area contributed by atoms with Crippen molar-refractivity contribution in [3.8, 4) is 5.75 Å². The molecule has 4 rings (SSSR count). The largest absolute Gasteiger partial charge is 0.478 e. The van der Waals surface area contributed by atoms with E-state index in [2.05, 4.69) is 11.5 Å². The smallest absolute Gasteiger partial charge is 0.174 e. The molecule has 0 bridgehead atoms. The Kier molecular flexibility index (Phi) is 3.61. The number of aliphatic hydroxyl groups is 1. The highest BCUT2D eigenvalue weighted by Crippen LogP contribution is 2.60. The van der Waals surface area contributed by atoms with E-state index < -0.39 is 22.9 Å². The van der Waals surface area contributed by atoms with Gasteiger partial charge in [0.1, 0.15) is 0 Å². The third kappa shape index (κ3) is 1.91. The van der Waals surface area contributed by atoms with Gasteiger partial charge in [0, 0.05) is 24.6 Å². The fourth-order valence-corrected chi connectivity index (χ4v) is 5.41. The van der Waals surface area contributed by atoms with Gasteiger partial charge >= 0.3 is 0 Å². The molecule has 1 aromatic carbocycles. The number of benzene rings is 1. The summed E-state index contributed by atoms with van der Waals surface area (Å²) in [6.45, 7) is 9.08. The van der Waals surface area contributed by atoms with Gasteiger partial charge < -0.3 is 9.84 Å². The molecule has 4 unspecified atom stereocenters. The Bertz CT molecular complexity index is 764. The molecule has 0 amide bonds. The Hall–Kier alpha value is -1.72. The first kappa shape index (κ1) is 16.7. The maximum absolute atomic E-state index is 14.5. The van der Waals surface area contributed by atoms with Crippen LogP contribution in [0.15, 0.2) is 24.8 Å². The van der Waals surface area contributed by atoms with Gasteiger partial charge in [0.15, 0.2) is 23.5 Å². The van der Waals surface area contributed by atoms with E-state index in [4.69, 9.17) is 4.74 Å². The van der Waals surface area contributed by atoms with Crippen molar-refractivity contribution < 1.29 is 19.0 Å². The second-order valence-corrected chi connectivity index (χ2v) is 7.64. The highest BCUT2D eigenvalue weighted by atomic mass is 19.1. The number of carbonyl (C=O) groups is 1. The lowest BCUT2D eigenvalue weighted by molar-refractivity contribution is -0.180. The number of piperidine rings is 1. The lowest BCUT2D eigenvalue weighted by Gasteiger charge is -2.59. The highest BCUT2D eigenvalue weighted by Gasteiger charge is 2.70. The minimum Gasteiger partial charge on any atom is -0.478 e. The Balaban J connectivity index is 1.95. The van der Waals surface area contributed by atoms with Crippen molar-refractivity contribution in [3.63, 3.8) is 0 Å². The number of aryl methyl sites for hydroxylation is 1. The number of ketones is 1. The van der Waals surface area contributed by atoms with Crippen molar-refractivity contribution in [1.29, 1.82) is 0 Å². The van der Waals surface area contributed by atoms with E-state index in [0.717, 1.165) is 5.56 Å². The minimum atomic E-state index is -1.14. The zero-order chi connectivity index (χ0) is 18.0. The second kappa shape index (κ2) is 5.39. The summed E-state index contributed by atoms with van der Waals surface area (Å²) in [5.41, 5.74) is -0.452. The van der Waals surface area contributed by atoms with Crippen LogP contribution in [0.5, 0.6) is 5.75 Å². The molecule has 4 atom stereocenters. The molecule has 1 saturated heterocycles. The number of hydrogen-bond acceptors (Lipinski definition) is 4. The van der Waals surface area contributed by atoms with Crippen LogP contribution in [0, 0.1) is 12.7 Å². The van der Waals surface area contributed by atoms with Crippen LogP contribution in [-0.2, 0) is 10.2 Å². The molecule has 134 valence electrons. The Morgan fingerprint density at radius 3 is 2.96 bits per heavy atom. The summed E-state index contributed by atoms with van der Waals surface area (Å²) in [6, 6.07) is 2.92. The number of halogens is 1. The predicted octanol–water partition coefficient (Wildman–Crippen LogP) is 2.51. The molecular formula is C20H24FNO3. The van der Waals surface area contributed by atoms with E-state index in [1.807, 2.05) is 19.9 Å². The molecule has 5 heteroatoms. The van der Waals surface area contributed by atoms with Crippen LogP contribution in [-0.4, -0.2) is 46.6 Å². The molecule has 1 N–H and O–H groups in total. The van der Waals surface area contributed by atoms with E-state index in [1.165, 1.54) is 6.07 Å². The Morgan fingerprint density at radius 2 is 2.24 bits per heavy atom. The van der Waals surface area contributed by atoms with Crippen molar-refractivity contribution in [2.75, 3.05) is 13.1 Å². The quantitative estimate of drug-likeness (QED) is 0.837. The second-order valence-electron chi connectivity index (χ2n) is 7.64. The van der Waals surface area contributed by atoms with E-state index >= 15 is 0 Å². The van der Waals surface area contributed by atoms with E-state index in [9.17, 15) is 14.3 Å². The number of nitrogens with zero attached hydrogens (tertiary/aromatic N) is 1. The third-order valence-electron chi connectivity index (χ3n) is 6.66. The SMILES string of the molecule is C=CCN1CCC23c4c(C)ccc(F)c4OC2C(=O)CCC3(O)C1C. The number of fused-ring (bicyclic) bond motifs is 1. The molecule has 25 heavy (non-hydrogen) atoms. The number of hydrogen-bond donors (Lipinski definition) is 1. The molecule has 1 saturated carbocycles. The standard InChI is InChI=1S/C20H24FNO3/c1-4-10-22-11-9-19-16-12(2)5-6-14(21)17(16)25-18(19)15(23)7-8-20(19,24)13(22)3/h4-6,13,18,24H,1,7-11H2,2-3H3. The molecule has 2 aliphatic heterocycles. The summed E-state index contributed by atoms with van der Waals surface area (Å²) in [5, 5.41) is 11.9. The van der Waals surface area contributed by atoms with Gasteiger partial charge in [0.25, 0.3) is 0 Å². The first-order chi connectivity index (χ1) is 11.9. The predicted molar refractivity (Wildman–Crippen MR) is 92.3 cm³/mol.